The minimum Gasteiger partial charge on any atom is -0.350 e. The summed E-state index contributed by atoms with van der Waals surface area (Å²) in [5.41, 5.74) is 2.06. The third-order valence-corrected chi connectivity index (χ3v) is 9.43. The van der Waals surface area contributed by atoms with Gasteiger partial charge in [0.2, 0.25) is 5.91 Å². The van der Waals surface area contributed by atoms with Crippen LogP contribution < -0.4 is 10.6 Å². The van der Waals surface area contributed by atoms with Crippen molar-refractivity contribution >= 4 is 5.91 Å². The summed E-state index contributed by atoms with van der Waals surface area (Å²) in [7, 11) is 0. The maximum Gasteiger partial charge on any atom is 0.240 e. The van der Waals surface area contributed by atoms with Gasteiger partial charge in [-0.25, -0.2) is 0 Å². The van der Waals surface area contributed by atoms with Crippen molar-refractivity contribution in [3.63, 3.8) is 0 Å². The molecule has 2 saturated carbocycles. The number of nitrogens with zero attached hydrogens (tertiary/aromatic N) is 1. The SMILES string of the molecule is O=C(NCc1ccccc1)[C@@]12C[C@@H]3CN(CC4CCCCC4)[C@@H]([C@@H]3CN1)[C@H]2Cc1ccccc1. The Morgan fingerprint density at radius 2 is 1.68 bits per heavy atom. The molecular formula is C30H39N3O. The zero-order chi connectivity index (χ0) is 23.0. The minimum atomic E-state index is -0.462. The van der Waals surface area contributed by atoms with E-state index in [0.717, 1.165) is 25.3 Å². The van der Waals surface area contributed by atoms with Crippen LogP contribution in [0, 0.1) is 23.7 Å². The maximum absolute atomic E-state index is 14.0. The number of fused-ring (bicyclic) bond motifs is 1. The molecule has 5 atom stereocenters. The Morgan fingerprint density at radius 3 is 2.41 bits per heavy atom. The van der Waals surface area contributed by atoms with Crippen LogP contribution in [0.3, 0.4) is 0 Å². The maximum atomic E-state index is 14.0. The van der Waals surface area contributed by atoms with Gasteiger partial charge in [0.25, 0.3) is 0 Å². The lowest BCUT2D eigenvalue weighted by atomic mass is 9.58. The molecule has 4 nitrogen and oxygen atoms in total. The van der Waals surface area contributed by atoms with E-state index in [0.29, 0.717) is 30.3 Å². The van der Waals surface area contributed by atoms with Gasteiger partial charge in [-0.1, -0.05) is 79.9 Å². The second-order valence-corrected chi connectivity index (χ2v) is 11.4. The molecule has 2 aromatic rings. The molecule has 3 saturated heterocycles. The highest BCUT2D eigenvalue weighted by Gasteiger charge is 2.64. The lowest BCUT2D eigenvalue weighted by Crippen LogP contribution is -2.74. The molecule has 2 aromatic carbocycles. The second-order valence-electron chi connectivity index (χ2n) is 11.4. The van der Waals surface area contributed by atoms with Crippen LogP contribution in [0.4, 0.5) is 0 Å². The van der Waals surface area contributed by atoms with Crippen molar-refractivity contribution < 1.29 is 4.79 Å². The van der Waals surface area contributed by atoms with Crippen molar-refractivity contribution in [2.24, 2.45) is 23.7 Å². The molecule has 0 spiro atoms. The Morgan fingerprint density at radius 1 is 0.971 bits per heavy atom. The summed E-state index contributed by atoms with van der Waals surface area (Å²) >= 11 is 0. The smallest absolute Gasteiger partial charge is 0.240 e. The third-order valence-electron chi connectivity index (χ3n) is 9.43. The highest BCUT2D eigenvalue weighted by molar-refractivity contribution is 5.87. The summed E-state index contributed by atoms with van der Waals surface area (Å²) in [5.74, 6) is 2.70. The molecule has 34 heavy (non-hydrogen) atoms. The van der Waals surface area contributed by atoms with Crippen LogP contribution in [-0.4, -0.2) is 42.0 Å². The molecule has 0 radical (unpaired) electrons. The molecule has 0 aromatic heterocycles. The van der Waals surface area contributed by atoms with Crippen molar-refractivity contribution in [3.05, 3.63) is 71.8 Å². The molecule has 5 aliphatic rings. The van der Waals surface area contributed by atoms with Crippen molar-refractivity contribution in [2.75, 3.05) is 19.6 Å². The van der Waals surface area contributed by atoms with Crippen molar-refractivity contribution in [1.29, 1.82) is 0 Å². The number of carbonyl (C=O) groups excluding carboxylic acids is 1. The summed E-state index contributed by atoms with van der Waals surface area (Å²) < 4.78 is 0. The Bertz CT molecular complexity index is 973. The first kappa shape index (κ1) is 22.3. The topological polar surface area (TPSA) is 44.4 Å². The molecule has 2 aliphatic carbocycles. The van der Waals surface area contributed by atoms with Gasteiger partial charge in [0.1, 0.15) is 5.54 Å². The normalized spacial score (nSPS) is 33.2. The standard InChI is InChI=1S/C30H39N3O/c34-29(31-18-23-12-6-2-7-13-23)30-17-25-21-33(20-24-14-8-3-9-15-24)28(26(25)19-32-30)27(30)16-22-10-4-1-5-11-22/h1-2,4-7,10-13,24-28,32H,3,8-9,14-21H2,(H,31,34)/t25-,26-,27-,28+,30+/m1/s1. The van der Waals surface area contributed by atoms with Gasteiger partial charge < -0.3 is 10.6 Å². The zero-order valence-electron chi connectivity index (χ0n) is 20.3. The van der Waals surface area contributed by atoms with E-state index in [2.05, 4.69) is 58.0 Å². The molecule has 0 unspecified atom stereocenters. The number of rotatable bonds is 7. The fraction of sp³-hybridized carbons (Fsp3) is 0.567. The van der Waals surface area contributed by atoms with Crippen molar-refractivity contribution in [1.82, 2.24) is 15.5 Å². The van der Waals surface area contributed by atoms with Gasteiger partial charge in [-0.3, -0.25) is 9.69 Å². The van der Waals surface area contributed by atoms with Crippen LogP contribution in [0.5, 0.6) is 0 Å². The van der Waals surface area contributed by atoms with E-state index in [9.17, 15) is 4.79 Å². The molecule has 2 N–H and O–H groups in total. The van der Waals surface area contributed by atoms with E-state index in [-0.39, 0.29) is 5.91 Å². The summed E-state index contributed by atoms with van der Waals surface area (Å²) in [5, 5.41) is 7.17. The Balaban J connectivity index is 1.27. The average Bonchev–Trinajstić information content (AvgIpc) is 3.19. The predicted molar refractivity (Wildman–Crippen MR) is 136 cm³/mol. The average molecular weight is 458 g/mol. The Kier molecular flexibility index (Phi) is 6.21. The largest absolute Gasteiger partial charge is 0.350 e. The van der Waals surface area contributed by atoms with Gasteiger partial charge in [-0.05, 0) is 54.6 Å². The molecular weight excluding hydrogens is 418 g/mol. The fourth-order valence-corrected chi connectivity index (χ4v) is 7.86. The number of hydrogen-bond acceptors (Lipinski definition) is 3. The molecule has 7 rings (SSSR count). The molecule has 4 bridgehead atoms. The van der Waals surface area contributed by atoms with E-state index in [1.807, 2.05) is 18.2 Å². The summed E-state index contributed by atoms with van der Waals surface area (Å²) in [6.45, 7) is 4.02. The van der Waals surface area contributed by atoms with Gasteiger partial charge in [0.05, 0.1) is 0 Å². The van der Waals surface area contributed by atoms with Gasteiger partial charge >= 0.3 is 0 Å². The van der Waals surface area contributed by atoms with Crippen LogP contribution in [-0.2, 0) is 17.8 Å². The van der Waals surface area contributed by atoms with E-state index in [1.54, 1.807) is 0 Å². The molecule has 3 heterocycles. The van der Waals surface area contributed by atoms with Gasteiger partial charge in [0.15, 0.2) is 0 Å². The van der Waals surface area contributed by atoms with Gasteiger partial charge in [-0.2, -0.15) is 0 Å². The van der Waals surface area contributed by atoms with E-state index in [1.165, 1.54) is 56.3 Å². The number of benzene rings is 2. The number of nitrogens with one attached hydrogen (secondary N) is 2. The van der Waals surface area contributed by atoms with Crippen LogP contribution in [0.2, 0.25) is 0 Å². The van der Waals surface area contributed by atoms with E-state index < -0.39 is 5.54 Å². The van der Waals surface area contributed by atoms with Crippen LogP contribution in [0.25, 0.3) is 0 Å². The molecule has 1 amide bonds. The minimum absolute atomic E-state index is 0.213. The quantitative estimate of drug-likeness (QED) is 0.648. The first-order valence-electron chi connectivity index (χ1n) is 13.6. The first-order valence-corrected chi connectivity index (χ1v) is 13.6. The molecule has 3 aliphatic heterocycles. The van der Waals surface area contributed by atoms with E-state index >= 15 is 0 Å². The van der Waals surface area contributed by atoms with Crippen molar-refractivity contribution in [2.45, 2.75) is 63.1 Å². The second kappa shape index (κ2) is 9.47. The highest BCUT2D eigenvalue weighted by atomic mass is 16.2. The Hall–Kier alpha value is -2.17. The Labute approximate surface area is 204 Å². The fourth-order valence-electron chi connectivity index (χ4n) is 7.86. The monoisotopic (exact) mass is 457 g/mol. The van der Waals surface area contributed by atoms with Crippen LogP contribution >= 0.6 is 0 Å². The summed E-state index contributed by atoms with van der Waals surface area (Å²) in [6.07, 6.45) is 8.95. The van der Waals surface area contributed by atoms with Gasteiger partial charge in [0, 0.05) is 38.1 Å². The van der Waals surface area contributed by atoms with Gasteiger partial charge in [-0.15, -0.1) is 0 Å². The highest BCUT2D eigenvalue weighted by Crippen LogP contribution is 2.53. The number of likely N-dealkylation sites (tertiary alicyclic amines) is 1. The van der Waals surface area contributed by atoms with E-state index in [4.69, 9.17) is 0 Å². The lowest BCUT2D eigenvalue weighted by molar-refractivity contribution is -0.138. The summed E-state index contributed by atoms with van der Waals surface area (Å²) in [4.78, 5) is 16.8. The number of hydrogen-bond donors (Lipinski definition) is 2. The molecule has 5 fully saturated rings. The first-order chi connectivity index (χ1) is 16.7. The van der Waals surface area contributed by atoms with Crippen molar-refractivity contribution in [3.8, 4) is 0 Å². The predicted octanol–water partition coefficient (Wildman–Crippen LogP) is 4.40. The van der Waals surface area contributed by atoms with Crippen LogP contribution in [0.1, 0.15) is 49.7 Å². The number of amides is 1. The zero-order valence-corrected chi connectivity index (χ0v) is 20.3. The van der Waals surface area contributed by atoms with Crippen LogP contribution in [0.15, 0.2) is 60.7 Å². The molecule has 4 heteroatoms. The number of piperidine rings is 2. The number of carbonyl (C=O) groups is 1. The molecule has 180 valence electrons. The third kappa shape index (κ3) is 4.09. The lowest BCUT2D eigenvalue weighted by Gasteiger charge is -2.56. The summed E-state index contributed by atoms with van der Waals surface area (Å²) in [6, 6.07) is 21.7.